The molecule has 1 amide bonds. The van der Waals surface area contributed by atoms with E-state index in [0.717, 1.165) is 42.4 Å². The van der Waals surface area contributed by atoms with E-state index in [1.54, 1.807) is 58.3 Å². The van der Waals surface area contributed by atoms with Crippen LogP contribution < -0.4 is 11.1 Å². The van der Waals surface area contributed by atoms with Crippen molar-refractivity contribution in [1.82, 2.24) is 5.32 Å². The molecule has 8 heteroatoms. The van der Waals surface area contributed by atoms with Crippen LogP contribution >= 0.6 is 0 Å². The molecular formula is C43H80N2O6. The van der Waals surface area contributed by atoms with Gasteiger partial charge in [0.05, 0.1) is 18.6 Å². The predicted molar refractivity (Wildman–Crippen MR) is 206 cm³/mol. The van der Waals surface area contributed by atoms with Gasteiger partial charge in [0.25, 0.3) is 0 Å². The first-order valence-electron chi connectivity index (χ1n) is 22.2. The van der Waals surface area contributed by atoms with Gasteiger partial charge in [-0.3, -0.25) is 4.79 Å². The van der Waals surface area contributed by atoms with Crippen LogP contribution in [0.15, 0.2) is 0 Å². The zero-order valence-electron chi connectivity index (χ0n) is 32.7. The second kappa shape index (κ2) is 24.6. The third kappa shape index (κ3) is 14.8. The Bertz CT molecular complexity index is 829. The van der Waals surface area contributed by atoms with E-state index in [4.69, 9.17) is 15.2 Å². The molecule has 1 aliphatic heterocycles. The molecule has 0 aromatic rings. The van der Waals surface area contributed by atoms with Crippen molar-refractivity contribution in [3.63, 3.8) is 0 Å². The van der Waals surface area contributed by atoms with Crippen molar-refractivity contribution in [2.45, 2.75) is 211 Å². The third-order valence-corrected chi connectivity index (χ3v) is 13.7. The maximum Gasteiger partial charge on any atom is 0.248 e. The minimum atomic E-state index is -1.26. The molecule has 6 aliphatic rings. The smallest absolute Gasteiger partial charge is 0.248 e. The molecule has 0 spiro atoms. The number of nitrogens with two attached hydrogens (primary N) is 1. The molecule has 6 atom stereocenters. The summed E-state index contributed by atoms with van der Waals surface area (Å²) in [4.78, 5) is 12.3. The average Bonchev–Trinajstić information content (AvgIpc) is 3.20. The van der Waals surface area contributed by atoms with Crippen molar-refractivity contribution in [3.05, 3.63) is 0 Å². The van der Waals surface area contributed by atoms with Crippen LogP contribution in [-0.4, -0.2) is 71.6 Å². The zero-order valence-corrected chi connectivity index (χ0v) is 32.7. The number of carbonyl (C=O) groups excluding carboxylic acids is 1. The highest BCUT2D eigenvalue weighted by atomic mass is 16.6. The fourth-order valence-electron chi connectivity index (χ4n) is 10.5. The minimum Gasteiger partial charge on any atom is -0.394 e. The number of carbonyl (C=O) groups is 1. The van der Waals surface area contributed by atoms with Gasteiger partial charge in [-0.1, -0.05) is 161 Å². The number of nitrogens with one attached hydrogen (secondary N) is 1. The molecule has 1 saturated heterocycles. The van der Waals surface area contributed by atoms with Crippen LogP contribution in [0, 0.1) is 35.5 Å². The van der Waals surface area contributed by atoms with Gasteiger partial charge in [-0.05, 0) is 49.4 Å². The number of hydrogen-bond acceptors (Lipinski definition) is 7. The van der Waals surface area contributed by atoms with Crippen molar-refractivity contribution in [2.75, 3.05) is 19.7 Å². The maximum atomic E-state index is 12.3. The lowest BCUT2D eigenvalue weighted by Gasteiger charge is -2.42. The molecule has 0 aromatic carbocycles. The van der Waals surface area contributed by atoms with Crippen LogP contribution in [-0.2, 0) is 14.3 Å². The Balaban J connectivity index is 0.000000198. The van der Waals surface area contributed by atoms with Gasteiger partial charge in [0.15, 0.2) is 6.29 Å². The summed E-state index contributed by atoms with van der Waals surface area (Å²) in [5.74, 6) is 4.40. The van der Waals surface area contributed by atoms with Gasteiger partial charge >= 0.3 is 0 Å². The number of amides is 1. The molecule has 6 fully saturated rings. The largest absolute Gasteiger partial charge is 0.394 e. The summed E-state index contributed by atoms with van der Waals surface area (Å²) >= 11 is 0. The summed E-state index contributed by atoms with van der Waals surface area (Å²) in [6, 6.07) is 0. The van der Waals surface area contributed by atoms with Gasteiger partial charge in [0.2, 0.25) is 5.91 Å². The summed E-state index contributed by atoms with van der Waals surface area (Å²) < 4.78 is 10.9. The molecule has 0 aromatic heterocycles. The molecule has 5 aliphatic carbocycles. The molecule has 8 nitrogen and oxygen atoms in total. The normalized spacial score (nSPS) is 31.4. The molecule has 298 valence electrons. The average molecular weight is 721 g/mol. The quantitative estimate of drug-likeness (QED) is 0.136. The first kappa shape index (κ1) is 43.0. The lowest BCUT2D eigenvalue weighted by Crippen LogP contribution is -2.59. The van der Waals surface area contributed by atoms with E-state index >= 15 is 0 Å². The molecule has 5 saturated carbocycles. The second-order valence-corrected chi connectivity index (χ2v) is 17.4. The Hall–Kier alpha value is -0.770. The van der Waals surface area contributed by atoms with E-state index in [0.29, 0.717) is 6.54 Å². The van der Waals surface area contributed by atoms with Crippen molar-refractivity contribution in [2.24, 2.45) is 41.2 Å². The fourth-order valence-corrected chi connectivity index (χ4v) is 10.5. The summed E-state index contributed by atoms with van der Waals surface area (Å²) in [6.07, 6.45) is 34.3. The summed E-state index contributed by atoms with van der Waals surface area (Å²) in [5.41, 5.74) is 5.66. The van der Waals surface area contributed by atoms with Crippen LogP contribution in [0.3, 0.4) is 0 Å². The molecule has 6 rings (SSSR count). The van der Waals surface area contributed by atoms with Crippen molar-refractivity contribution >= 4 is 5.91 Å². The number of aliphatic hydroxyl groups is 3. The highest BCUT2D eigenvalue weighted by Crippen LogP contribution is 2.39. The minimum absolute atomic E-state index is 0.0246. The number of ether oxygens (including phenoxy) is 2. The van der Waals surface area contributed by atoms with Crippen LogP contribution in [0.1, 0.15) is 180 Å². The molecule has 3 unspecified atom stereocenters. The summed E-state index contributed by atoms with van der Waals surface area (Å²) in [7, 11) is 0. The molecule has 1 heterocycles. The Morgan fingerprint density at radius 2 is 1.12 bits per heavy atom. The van der Waals surface area contributed by atoms with Crippen LogP contribution in [0.5, 0.6) is 0 Å². The van der Waals surface area contributed by atoms with E-state index in [1.807, 2.05) is 0 Å². The second-order valence-electron chi connectivity index (χ2n) is 17.4. The first-order chi connectivity index (χ1) is 24.9. The number of rotatable bonds is 11. The lowest BCUT2D eigenvalue weighted by atomic mass is 9.73. The lowest BCUT2D eigenvalue weighted by molar-refractivity contribution is -0.280. The molecular weight excluding hydrogens is 640 g/mol. The molecule has 0 radical (unpaired) electrons. The van der Waals surface area contributed by atoms with E-state index in [2.05, 4.69) is 5.32 Å². The molecule has 51 heavy (non-hydrogen) atoms. The van der Waals surface area contributed by atoms with E-state index < -0.39 is 43.2 Å². The van der Waals surface area contributed by atoms with Crippen LogP contribution in [0.4, 0.5) is 0 Å². The van der Waals surface area contributed by atoms with E-state index in [9.17, 15) is 20.1 Å². The Morgan fingerprint density at radius 1 is 0.706 bits per heavy atom. The van der Waals surface area contributed by atoms with Gasteiger partial charge in [0.1, 0.15) is 18.3 Å². The molecule has 6 N–H and O–H groups in total. The van der Waals surface area contributed by atoms with Crippen molar-refractivity contribution in [3.8, 4) is 0 Å². The monoisotopic (exact) mass is 721 g/mol. The van der Waals surface area contributed by atoms with Crippen molar-refractivity contribution in [1.29, 1.82) is 0 Å². The van der Waals surface area contributed by atoms with Gasteiger partial charge in [-0.25, -0.2) is 0 Å². The Morgan fingerprint density at radius 3 is 1.51 bits per heavy atom. The van der Waals surface area contributed by atoms with Crippen molar-refractivity contribution < 1.29 is 29.6 Å². The summed E-state index contributed by atoms with van der Waals surface area (Å²) in [5, 5.41) is 32.5. The standard InChI is InChI=1S/C19H36N2O6.2C12H22/c1-12(18(24)21-9-5-8-13-6-3-2-4-7-13)26-17-14(10-20)19(25)27-15(11-22)16(17)23;2*1-3-7-11(8-4-1)12-9-5-2-6-10-12/h12-17,19,22-23,25H,2-11,20H2,1H3,(H,21,24);2*11-12H,1-10H2/t12-,14+,15?,16?,17-,19?;;/m1../s1. The zero-order chi connectivity index (χ0) is 36.3. The van der Waals surface area contributed by atoms with Gasteiger partial charge in [-0.2, -0.15) is 0 Å². The third-order valence-electron chi connectivity index (χ3n) is 13.7. The van der Waals surface area contributed by atoms with E-state index in [-0.39, 0.29) is 12.5 Å². The summed E-state index contributed by atoms with van der Waals surface area (Å²) in [6.45, 7) is 1.77. The number of hydrogen-bond donors (Lipinski definition) is 5. The first-order valence-corrected chi connectivity index (χ1v) is 22.2. The van der Waals surface area contributed by atoms with Crippen LogP contribution in [0.25, 0.3) is 0 Å². The Labute approximate surface area is 312 Å². The van der Waals surface area contributed by atoms with Gasteiger partial charge in [0, 0.05) is 13.1 Å². The fraction of sp³-hybridized carbons (Fsp3) is 0.977. The number of aliphatic hydroxyl groups excluding tert-OH is 3. The SMILES string of the molecule is C1CCC(C2CCCCC2)CC1.C1CCC(C2CCCCC2)CC1.C[C@@H](O[C@H]1C(O)C(CO)OC(O)[C@H]1CN)C(=O)NCCCC1CCCCC1. The van der Waals surface area contributed by atoms with Gasteiger partial charge < -0.3 is 35.8 Å². The highest BCUT2D eigenvalue weighted by Gasteiger charge is 2.45. The maximum absolute atomic E-state index is 12.3. The highest BCUT2D eigenvalue weighted by molar-refractivity contribution is 5.80. The topological polar surface area (TPSA) is 134 Å². The van der Waals surface area contributed by atoms with E-state index in [1.165, 1.54) is 109 Å². The predicted octanol–water partition coefficient (Wildman–Crippen LogP) is 8.18. The van der Waals surface area contributed by atoms with Gasteiger partial charge in [-0.15, -0.1) is 0 Å². The Kier molecular flexibility index (Phi) is 20.7. The van der Waals surface area contributed by atoms with Crippen LogP contribution in [0.2, 0.25) is 0 Å². The molecule has 0 bridgehead atoms.